The average molecular weight is 587 g/mol. The van der Waals surface area contributed by atoms with E-state index in [0.29, 0.717) is 53.3 Å². The number of methoxy groups -OCH3 is 2. The molecule has 43 heavy (non-hydrogen) atoms. The second-order valence-corrected chi connectivity index (χ2v) is 11.3. The van der Waals surface area contributed by atoms with Gasteiger partial charge in [-0.25, -0.2) is 9.07 Å². The number of nitro benzene ring substituents is 1. The highest BCUT2D eigenvalue weighted by atomic mass is 19.1. The summed E-state index contributed by atoms with van der Waals surface area (Å²) in [6.07, 6.45) is 1.09. The number of nitrogens with one attached hydrogen (secondary N) is 1. The molecule has 1 amide bonds. The number of ketones is 1. The van der Waals surface area contributed by atoms with E-state index in [9.17, 15) is 24.1 Å². The van der Waals surface area contributed by atoms with Crippen molar-refractivity contribution in [1.82, 2.24) is 15.1 Å². The number of rotatable bonds is 9. The monoisotopic (exact) mass is 586 g/mol. The molecule has 11 heteroatoms. The molecule has 3 aromatic carbocycles. The van der Waals surface area contributed by atoms with Crippen LogP contribution in [0.1, 0.15) is 63.5 Å². The van der Waals surface area contributed by atoms with Crippen LogP contribution in [0.4, 0.5) is 10.1 Å². The van der Waals surface area contributed by atoms with E-state index in [2.05, 4.69) is 5.32 Å². The van der Waals surface area contributed by atoms with E-state index >= 15 is 0 Å². The van der Waals surface area contributed by atoms with E-state index in [4.69, 9.17) is 14.6 Å². The van der Waals surface area contributed by atoms with Crippen LogP contribution in [0.2, 0.25) is 0 Å². The summed E-state index contributed by atoms with van der Waals surface area (Å²) in [6, 6.07) is 15.3. The third-order valence-electron chi connectivity index (χ3n) is 7.47. The van der Waals surface area contributed by atoms with Gasteiger partial charge in [0.1, 0.15) is 11.5 Å². The molecule has 0 aliphatic heterocycles. The van der Waals surface area contributed by atoms with Crippen LogP contribution in [-0.4, -0.2) is 40.6 Å². The first kappa shape index (κ1) is 29.4. The first-order chi connectivity index (χ1) is 20.5. The number of carbonyl (C=O) groups is 2. The molecule has 0 unspecified atom stereocenters. The summed E-state index contributed by atoms with van der Waals surface area (Å²) in [4.78, 5) is 38.0. The summed E-state index contributed by atoms with van der Waals surface area (Å²) in [5.41, 5.74) is 2.59. The Morgan fingerprint density at radius 3 is 2.40 bits per heavy atom. The lowest BCUT2D eigenvalue weighted by Gasteiger charge is -2.29. The second-order valence-electron chi connectivity index (χ2n) is 11.3. The standard InChI is InChI=1S/C32H31FN4O6/c1-32(2)16-26-30(27(38)17-32)23(13-20-7-12-28(42-3)29(14-20)43-4)35-36(26)24-11-8-21(15-25(24)37(40)41)31(39)34-18-19-5-9-22(33)10-6-19/h5-12,14-15H,13,16-18H2,1-4H3,(H,34,39). The molecular weight excluding hydrogens is 555 g/mol. The molecule has 0 fully saturated rings. The Morgan fingerprint density at radius 2 is 1.72 bits per heavy atom. The van der Waals surface area contributed by atoms with E-state index in [1.807, 2.05) is 26.0 Å². The minimum Gasteiger partial charge on any atom is -0.493 e. The third kappa shape index (κ3) is 6.11. The van der Waals surface area contributed by atoms with E-state index in [1.54, 1.807) is 25.3 Å². The number of halogens is 1. The Kier molecular flexibility index (Phi) is 7.99. The molecule has 0 saturated heterocycles. The van der Waals surface area contributed by atoms with Gasteiger partial charge in [0.25, 0.3) is 11.6 Å². The fourth-order valence-corrected chi connectivity index (χ4v) is 5.41. The Bertz CT molecular complexity index is 1730. The van der Waals surface area contributed by atoms with Gasteiger partial charge in [0, 0.05) is 31.0 Å². The van der Waals surface area contributed by atoms with Gasteiger partial charge in [-0.15, -0.1) is 0 Å². The maximum Gasteiger partial charge on any atom is 0.295 e. The normalized spacial score (nSPS) is 13.7. The van der Waals surface area contributed by atoms with Gasteiger partial charge in [-0.3, -0.25) is 19.7 Å². The van der Waals surface area contributed by atoms with Crippen LogP contribution in [0.25, 0.3) is 5.69 Å². The zero-order chi connectivity index (χ0) is 30.9. The molecule has 0 spiro atoms. The molecule has 0 radical (unpaired) electrons. The number of Topliss-reactive ketones (excluding diaryl/α,β-unsaturated/α-hetero) is 1. The van der Waals surface area contributed by atoms with Gasteiger partial charge in [0.2, 0.25) is 0 Å². The summed E-state index contributed by atoms with van der Waals surface area (Å²) in [7, 11) is 3.08. The maximum absolute atomic E-state index is 13.4. The lowest BCUT2D eigenvalue weighted by atomic mass is 9.75. The molecule has 1 aromatic heterocycles. The zero-order valence-electron chi connectivity index (χ0n) is 24.3. The molecule has 0 atom stereocenters. The molecular formula is C32H31FN4O6. The lowest BCUT2D eigenvalue weighted by Crippen LogP contribution is -2.28. The van der Waals surface area contributed by atoms with Gasteiger partial charge in [-0.2, -0.15) is 5.10 Å². The summed E-state index contributed by atoms with van der Waals surface area (Å²) in [5, 5.41) is 19.7. The van der Waals surface area contributed by atoms with Gasteiger partial charge >= 0.3 is 0 Å². The van der Waals surface area contributed by atoms with Crippen molar-refractivity contribution in [3.63, 3.8) is 0 Å². The van der Waals surface area contributed by atoms with Crippen molar-refractivity contribution in [3.8, 4) is 17.2 Å². The smallest absolute Gasteiger partial charge is 0.295 e. The predicted molar refractivity (Wildman–Crippen MR) is 157 cm³/mol. The first-order valence-electron chi connectivity index (χ1n) is 13.7. The fraction of sp³-hybridized carbons (Fsp3) is 0.281. The predicted octanol–water partition coefficient (Wildman–Crippen LogP) is 5.61. The highest BCUT2D eigenvalue weighted by Crippen LogP contribution is 2.39. The van der Waals surface area contributed by atoms with Crippen molar-refractivity contribution in [2.24, 2.45) is 5.41 Å². The largest absolute Gasteiger partial charge is 0.493 e. The number of amides is 1. The number of fused-ring (bicyclic) bond motifs is 1. The van der Waals surface area contributed by atoms with E-state index in [-0.39, 0.29) is 40.5 Å². The van der Waals surface area contributed by atoms with Crippen LogP contribution in [0.15, 0.2) is 60.7 Å². The van der Waals surface area contributed by atoms with Gasteiger partial charge < -0.3 is 14.8 Å². The van der Waals surface area contributed by atoms with Gasteiger partial charge in [0.15, 0.2) is 17.3 Å². The molecule has 1 aliphatic carbocycles. The third-order valence-corrected chi connectivity index (χ3v) is 7.47. The van der Waals surface area contributed by atoms with Crippen molar-refractivity contribution in [1.29, 1.82) is 0 Å². The molecule has 1 heterocycles. The number of hydrogen-bond donors (Lipinski definition) is 1. The molecule has 10 nitrogen and oxygen atoms in total. The summed E-state index contributed by atoms with van der Waals surface area (Å²) in [6.45, 7) is 4.07. The minimum absolute atomic E-state index is 0.0765. The molecule has 5 rings (SSSR count). The van der Waals surface area contributed by atoms with Crippen molar-refractivity contribution in [2.45, 2.75) is 39.7 Å². The number of carbonyl (C=O) groups excluding carboxylic acids is 2. The second kappa shape index (κ2) is 11.7. The van der Waals surface area contributed by atoms with Crippen molar-refractivity contribution in [2.75, 3.05) is 14.2 Å². The zero-order valence-corrected chi connectivity index (χ0v) is 24.3. The summed E-state index contributed by atoms with van der Waals surface area (Å²) in [5.74, 6) is 0.108. The summed E-state index contributed by atoms with van der Waals surface area (Å²) >= 11 is 0. The van der Waals surface area contributed by atoms with Gasteiger partial charge in [0.05, 0.1) is 36.1 Å². The van der Waals surface area contributed by atoms with Crippen molar-refractivity contribution in [3.05, 3.63) is 110 Å². The molecule has 222 valence electrons. The lowest BCUT2D eigenvalue weighted by molar-refractivity contribution is -0.384. The molecule has 0 saturated carbocycles. The van der Waals surface area contributed by atoms with Crippen molar-refractivity contribution >= 4 is 17.4 Å². The molecule has 1 aliphatic rings. The molecule has 4 aromatic rings. The number of ether oxygens (including phenoxy) is 2. The fourth-order valence-electron chi connectivity index (χ4n) is 5.41. The molecule has 0 bridgehead atoms. The topological polar surface area (TPSA) is 126 Å². The van der Waals surface area contributed by atoms with Crippen LogP contribution in [-0.2, 0) is 19.4 Å². The highest BCUT2D eigenvalue weighted by molar-refractivity contribution is 6.00. The van der Waals surface area contributed by atoms with Crippen molar-refractivity contribution < 1.29 is 28.4 Å². The maximum atomic E-state index is 13.4. The van der Waals surface area contributed by atoms with Crippen LogP contribution >= 0.6 is 0 Å². The number of nitrogens with zero attached hydrogens (tertiary/aromatic N) is 3. The van der Waals surface area contributed by atoms with Crippen LogP contribution < -0.4 is 14.8 Å². The Balaban J connectivity index is 1.53. The number of aromatic nitrogens is 2. The first-order valence-corrected chi connectivity index (χ1v) is 13.7. The number of hydrogen-bond acceptors (Lipinski definition) is 7. The van der Waals surface area contributed by atoms with Crippen LogP contribution in [0.5, 0.6) is 11.5 Å². The van der Waals surface area contributed by atoms with E-state index in [1.165, 1.54) is 42.1 Å². The number of nitro groups is 1. The van der Waals surface area contributed by atoms with Crippen LogP contribution in [0.3, 0.4) is 0 Å². The van der Waals surface area contributed by atoms with E-state index in [0.717, 1.165) is 5.56 Å². The minimum atomic E-state index is -0.566. The average Bonchev–Trinajstić information content (AvgIpc) is 3.32. The van der Waals surface area contributed by atoms with Gasteiger partial charge in [-0.1, -0.05) is 32.0 Å². The molecule has 1 N–H and O–H groups in total. The Morgan fingerprint density at radius 1 is 1.02 bits per heavy atom. The number of benzene rings is 3. The van der Waals surface area contributed by atoms with Crippen LogP contribution in [0, 0.1) is 21.3 Å². The van der Waals surface area contributed by atoms with E-state index < -0.39 is 10.8 Å². The Hall–Kier alpha value is -5.06. The van der Waals surface area contributed by atoms with Gasteiger partial charge in [-0.05, 0) is 59.4 Å². The Labute approximate surface area is 247 Å². The quantitative estimate of drug-likeness (QED) is 0.200. The summed E-state index contributed by atoms with van der Waals surface area (Å²) < 4.78 is 25.4. The SMILES string of the molecule is COc1ccc(Cc2nn(-c3ccc(C(=O)NCc4ccc(F)cc4)cc3[N+](=O)[O-])c3c2C(=O)CC(C)(C)C3)cc1OC. The highest BCUT2D eigenvalue weighted by Gasteiger charge is 2.38.